The molecule has 2 aromatic carbocycles. The minimum atomic E-state index is -0.158. The Balaban J connectivity index is 1.77. The lowest BCUT2D eigenvalue weighted by atomic mass is 10.1. The van der Waals surface area contributed by atoms with Crippen LogP contribution < -0.4 is 0 Å². The second-order valence-corrected chi connectivity index (χ2v) is 11.0. The molecule has 0 fully saturated rings. The van der Waals surface area contributed by atoms with Crippen LogP contribution in [0.4, 0.5) is 0 Å². The van der Waals surface area contributed by atoms with Gasteiger partial charge >= 0.3 is 0 Å². The Hall–Kier alpha value is -2.61. The van der Waals surface area contributed by atoms with Gasteiger partial charge in [0.25, 0.3) is 5.91 Å². The molecule has 8 heteroatoms. The molecule has 2 amide bonds. The summed E-state index contributed by atoms with van der Waals surface area (Å²) in [6, 6.07) is 19.0. The zero-order valence-corrected chi connectivity index (χ0v) is 24.7. The van der Waals surface area contributed by atoms with Crippen LogP contribution in [0.5, 0.6) is 0 Å². The van der Waals surface area contributed by atoms with Crippen molar-refractivity contribution in [2.45, 2.75) is 40.3 Å². The summed E-state index contributed by atoms with van der Waals surface area (Å²) in [7, 11) is 0. The number of hydrogen-bond acceptors (Lipinski definition) is 3. The van der Waals surface area contributed by atoms with Crippen LogP contribution in [-0.2, 0) is 22.6 Å². The fourth-order valence-corrected chi connectivity index (χ4v) is 4.70. The molecule has 0 radical (unpaired) electrons. The van der Waals surface area contributed by atoms with Crippen molar-refractivity contribution < 1.29 is 14.3 Å². The molecule has 0 aliphatic heterocycles. The molecule has 0 N–H and O–H groups in total. The van der Waals surface area contributed by atoms with E-state index < -0.39 is 0 Å². The molecule has 3 aromatic rings. The van der Waals surface area contributed by atoms with Crippen LogP contribution in [0.15, 0.2) is 71.3 Å². The third-order valence-corrected chi connectivity index (χ3v) is 7.04. The first-order valence-corrected chi connectivity index (χ1v) is 14.2. The molecule has 0 unspecified atom stereocenters. The molecule has 0 saturated heterocycles. The van der Waals surface area contributed by atoms with Gasteiger partial charge in [-0.2, -0.15) is 0 Å². The Morgan fingerprint density at radius 3 is 2.45 bits per heavy atom. The SMILES string of the molecule is CCOCCCN(CC(=O)N(Cc1cccn1Cc1ccccc1Cl)CC(C)C)C(=O)c1ccc(Br)cc1. The van der Waals surface area contributed by atoms with Gasteiger partial charge in [-0.15, -0.1) is 0 Å². The summed E-state index contributed by atoms with van der Waals surface area (Å²) in [5.74, 6) is 0.0412. The number of carbonyl (C=O) groups excluding carboxylic acids is 2. The van der Waals surface area contributed by atoms with E-state index in [1.165, 1.54) is 0 Å². The molecule has 1 aromatic heterocycles. The first kappa shape index (κ1) is 29.9. The topological polar surface area (TPSA) is 54.8 Å². The Kier molecular flexibility index (Phi) is 11.9. The van der Waals surface area contributed by atoms with Gasteiger partial charge < -0.3 is 19.1 Å². The van der Waals surface area contributed by atoms with Gasteiger partial charge in [-0.3, -0.25) is 9.59 Å². The van der Waals surface area contributed by atoms with Gasteiger partial charge in [-0.25, -0.2) is 0 Å². The maximum absolute atomic E-state index is 13.7. The molecule has 3 rings (SSSR count). The van der Waals surface area contributed by atoms with E-state index in [4.69, 9.17) is 16.3 Å². The van der Waals surface area contributed by atoms with Crippen LogP contribution in [0, 0.1) is 5.92 Å². The molecule has 6 nitrogen and oxygen atoms in total. The summed E-state index contributed by atoms with van der Waals surface area (Å²) in [5.41, 5.74) is 2.59. The first-order chi connectivity index (χ1) is 18.3. The Bertz CT molecular complexity index is 1180. The lowest BCUT2D eigenvalue weighted by Gasteiger charge is -2.29. The van der Waals surface area contributed by atoms with Gasteiger partial charge in [0.05, 0.1) is 6.54 Å². The van der Waals surface area contributed by atoms with E-state index in [1.807, 2.05) is 66.6 Å². The number of aromatic nitrogens is 1. The molecule has 0 bridgehead atoms. The number of carbonyl (C=O) groups is 2. The maximum atomic E-state index is 13.7. The summed E-state index contributed by atoms with van der Waals surface area (Å²) in [5, 5.41) is 0.719. The van der Waals surface area contributed by atoms with E-state index in [0.717, 1.165) is 20.8 Å². The number of nitrogens with zero attached hydrogens (tertiary/aromatic N) is 3. The summed E-state index contributed by atoms with van der Waals surface area (Å²) in [6.45, 7) is 9.42. The van der Waals surface area contributed by atoms with E-state index in [1.54, 1.807) is 17.0 Å². The van der Waals surface area contributed by atoms with Gasteiger partial charge in [-0.05, 0) is 67.3 Å². The van der Waals surface area contributed by atoms with Gasteiger partial charge in [0.1, 0.15) is 6.54 Å². The molecule has 0 saturated carbocycles. The van der Waals surface area contributed by atoms with Crippen LogP contribution in [0.2, 0.25) is 5.02 Å². The lowest BCUT2D eigenvalue weighted by Crippen LogP contribution is -2.44. The molecular formula is C30H37BrClN3O3. The zero-order valence-electron chi connectivity index (χ0n) is 22.4. The normalized spacial score (nSPS) is 11.1. The van der Waals surface area contributed by atoms with Gasteiger partial charge in [0, 0.05) is 59.8 Å². The first-order valence-electron chi connectivity index (χ1n) is 13.1. The van der Waals surface area contributed by atoms with E-state index in [9.17, 15) is 9.59 Å². The molecule has 0 spiro atoms. The van der Waals surface area contributed by atoms with Gasteiger partial charge in [0.2, 0.25) is 5.91 Å². The number of halogens is 2. The highest BCUT2D eigenvalue weighted by atomic mass is 79.9. The molecule has 0 atom stereocenters. The largest absolute Gasteiger partial charge is 0.382 e. The average Bonchev–Trinajstić information content (AvgIpc) is 3.33. The lowest BCUT2D eigenvalue weighted by molar-refractivity contribution is -0.133. The highest BCUT2D eigenvalue weighted by Gasteiger charge is 2.24. The van der Waals surface area contributed by atoms with Crippen molar-refractivity contribution in [2.75, 3.05) is 32.8 Å². The molecule has 38 heavy (non-hydrogen) atoms. The Labute approximate surface area is 239 Å². The molecule has 0 aliphatic rings. The number of amides is 2. The molecule has 0 aliphatic carbocycles. The molecular weight excluding hydrogens is 566 g/mol. The second kappa shape index (κ2) is 15.1. The standard InChI is InChI=1S/C30H37BrClN3O3/c1-4-38-18-8-17-34(30(37)24-12-14-26(31)15-13-24)22-29(36)35(19-23(2)3)21-27-10-7-16-33(27)20-25-9-5-6-11-28(25)32/h5-7,9-16,23H,4,8,17-22H2,1-3H3. The quantitative estimate of drug-likeness (QED) is 0.198. The molecule has 204 valence electrons. The van der Waals surface area contributed by atoms with Crippen LogP contribution >= 0.6 is 27.5 Å². The third kappa shape index (κ3) is 9.00. The third-order valence-electron chi connectivity index (χ3n) is 6.14. The van der Waals surface area contributed by atoms with Crippen molar-refractivity contribution >= 4 is 39.3 Å². The summed E-state index contributed by atoms with van der Waals surface area (Å²) in [4.78, 5) is 30.6. The minimum Gasteiger partial charge on any atom is -0.382 e. The van der Waals surface area contributed by atoms with Crippen LogP contribution in [0.1, 0.15) is 48.8 Å². The monoisotopic (exact) mass is 601 g/mol. The summed E-state index contributed by atoms with van der Waals surface area (Å²) < 4.78 is 8.50. The van der Waals surface area contributed by atoms with Crippen LogP contribution in [0.3, 0.4) is 0 Å². The predicted molar refractivity (Wildman–Crippen MR) is 156 cm³/mol. The number of rotatable bonds is 14. The van der Waals surface area contributed by atoms with E-state index in [0.29, 0.717) is 51.4 Å². The number of benzene rings is 2. The fourth-order valence-electron chi connectivity index (χ4n) is 4.24. The number of ether oxygens (including phenoxy) is 1. The van der Waals surface area contributed by atoms with E-state index >= 15 is 0 Å². The van der Waals surface area contributed by atoms with Crippen molar-refractivity contribution in [1.29, 1.82) is 0 Å². The zero-order chi connectivity index (χ0) is 27.5. The molecule has 1 heterocycles. The van der Waals surface area contributed by atoms with Gasteiger partial charge in [0.15, 0.2) is 0 Å². The van der Waals surface area contributed by atoms with E-state index in [-0.39, 0.29) is 24.3 Å². The van der Waals surface area contributed by atoms with Crippen molar-refractivity contribution in [1.82, 2.24) is 14.4 Å². The Morgan fingerprint density at radius 2 is 1.76 bits per heavy atom. The van der Waals surface area contributed by atoms with E-state index in [2.05, 4.69) is 34.3 Å². The van der Waals surface area contributed by atoms with Crippen molar-refractivity contribution in [3.8, 4) is 0 Å². The fraction of sp³-hybridized carbons (Fsp3) is 0.400. The van der Waals surface area contributed by atoms with Crippen LogP contribution in [-0.4, -0.2) is 59.0 Å². The minimum absolute atomic E-state index is 0.0129. The predicted octanol–water partition coefficient (Wildman–Crippen LogP) is 6.51. The smallest absolute Gasteiger partial charge is 0.254 e. The second-order valence-electron chi connectivity index (χ2n) is 9.67. The highest BCUT2D eigenvalue weighted by molar-refractivity contribution is 9.10. The highest BCUT2D eigenvalue weighted by Crippen LogP contribution is 2.19. The number of hydrogen-bond donors (Lipinski definition) is 0. The van der Waals surface area contributed by atoms with Gasteiger partial charge in [-0.1, -0.05) is 59.6 Å². The van der Waals surface area contributed by atoms with Crippen molar-refractivity contribution in [2.24, 2.45) is 5.92 Å². The van der Waals surface area contributed by atoms with Crippen molar-refractivity contribution in [3.05, 3.63) is 93.2 Å². The van der Waals surface area contributed by atoms with Crippen LogP contribution in [0.25, 0.3) is 0 Å². The summed E-state index contributed by atoms with van der Waals surface area (Å²) >= 11 is 9.82. The maximum Gasteiger partial charge on any atom is 0.254 e. The Morgan fingerprint density at radius 1 is 1.03 bits per heavy atom. The van der Waals surface area contributed by atoms with Crippen molar-refractivity contribution in [3.63, 3.8) is 0 Å². The average molecular weight is 603 g/mol. The summed E-state index contributed by atoms with van der Waals surface area (Å²) in [6.07, 6.45) is 2.67.